The minimum absolute atomic E-state index is 0.0101. The molecule has 1 aromatic carbocycles. The van der Waals surface area contributed by atoms with Crippen LogP contribution >= 0.6 is 11.8 Å². The number of thioether (sulfide) groups is 1. The molecule has 0 aliphatic heterocycles. The highest BCUT2D eigenvalue weighted by atomic mass is 32.2. The van der Waals surface area contributed by atoms with Crippen LogP contribution in [-0.4, -0.2) is 54.6 Å². The van der Waals surface area contributed by atoms with E-state index in [0.717, 1.165) is 11.8 Å². The molecule has 12 nitrogen and oxygen atoms in total. The quantitative estimate of drug-likeness (QED) is 0.454. The van der Waals surface area contributed by atoms with Crippen molar-refractivity contribution in [3.63, 3.8) is 0 Å². The Bertz CT molecular complexity index is 987. The number of amides is 3. The van der Waals surface area contributed by atoms with Gasteiger partial charge in [0, 0.05) is 11.6 Å². The predicted octanol–water partition coefficient (Wildman–Crippen LogP) is 0.0916. The van der Waals surface area contributed by atoms with Crippen LogP contribution in [0.5, 0.6) is 0 Å². The molecule has 0 atom stereocenters. The Balaban J connectivity index is 1.36. The molecule has 0 bridgehead atoms. The van der Waals surface area contributed by atoms with Crippen LogP contribution in [0.15, 0.2) is 41.2 Å². The molecule has 0 aliphatic carbocycles. The van der Waals surface area contributed by atoms with Gasteiger partial charge in [0.15, 0.2) is 5.82 Å². The van der Waals surface area contributed by atoms with Gasteiger partial charge >= 0.3 is 0 Å². The van der Waals surface area contributed by atoms with Crippen LogP contribution < -0.4 is 16.2 Å². The first-order chi connectivity index (χ1) is 14.0. The first-order valence-corrected chi connectivity index (χ1v) is 9.40. The molecular weight excluding hydrogens is 400 g/mol. The molecule has 0 fully saturated rings. The maximum Gasteiger partial charge on any atom is 0.269 e. The molecule has 0 aliphatic rings. The first kappa shape index (κ1) is 20.0. The van der Waals surface area contributed by atoms with Crippen LogP contribution in [0.1, 0.15) is 16.1 Å². The third-order valence-electron chi connectivity index (χ3n) is 3.42. The first-order valence-electron chi connectivity index (χ1n) is 8.25. The molecule has 0 spiro atoms. The Morgan fingerprint density at radius 2 is 1.86 bits per heavy atom. The summed E-state index contributed by atoms with van der Waals surface area (Å²) in [6.45, 7) is 1.71. The molecule has 3 amide bonds. The van der Waals surface area contributed by atoms with E-state index >= 15 is 0 Å². The minimum atomic E-state index is -0.481. The molecule has 13 heteroatoms. The zero-order chi connectivity index (χ0) is 20.6. The van der Waals surface area contributed by atoms with Crippen LogP contribution in [0.3, 0.4) is 0 Å². The number of carbonyl (C=O) groups excluding carboxylic acids is 3. The van der Waals surface area contributed by atoms with E-state index < -0.39 is 11.8 Å². The van der Waals surface area contributed by atoms with Gasteiger partial charge in [-0.05, 0) is 41.6 Å². The van der Waals surface area contributed by atoms with Crippen molar-refractivity contribution in [3.8, 4) is 5.69 Å². The van der Waals surface area contributed by atoms with E-state index in [0.29, 0.717) is 22.8 Å². The monoisotopic (exact) mass is 416 g/mol. The van der Waals surface area contributed by atoms with Gasteiger partial charge in [0.2, 0.25) is 11.8 Å². The molecule has 0 unspecified atom stereocenters. The summed E-state index contributed by atoms with van der Waals surface area (Å²) < 4.78 is 6.28. The Kier molecular flexibility index (Phi) is 6.52. The molecule has 0 saturated heterocycles. The lowest BCUT2D eigenvalue weighted by Crippen LogP contribution is -2.42. The molecule has 0 saturated carbocycles. The van der Waals surface area contributed by atoms with E-state index in [1.54, 1.807) is 37.3 Å². The Morgan fingerprint density at radius 1 is 1.10 bits per heavy atom. The minimum Gasteiger partial charge on any atom is -0.360 e. The lowest BCUT2D eigenvalue weighted by Gasteiger charge is -2.08. The molecule has 29 heavy (non-hydrogen) atoms. The number of anilines is 1. The van der Waals surface area contributed by atoms with Crippen molar-refractivity contribution in [2.24, 2.45) is 0 Å². The summed E-state index contributed by atoms with van der Waals surface area (Å²) in [6, 6.07) is 8.06. The van der Waals surface area contributed by atoms with Crippen molar-refractivity contribution in [2.75, 3.05) is 16.8 Å². The van der Waals surface area contributed by atoms with Gasteiger partial charge in [-0.3, -0.25) is 25.2 Å². The second kappa shape index (κ2) is 9.45. The summed E-state index contributed by atoms with van der Waals surface area (Å²) in [5, 5.41) is 17.0. The van der Waals surface area contributed by atoms with Gasteiger partial charge in [0.25, 0.3) is 5.91 Å². The topological polar surface area (TPSA) is 157 Å². The van der Waals surface area contributed by atoms with Crippen molar-refractivity contribution in [1.29, 1.82) is 0 Å². The number of nitrogens with one attached hydrogen (secondary N) is 3. The smallest absolute Gasteiger partial charge is 0.269 e. The highest BCUT2D eigenvalue weighted by molar-refractivity contribution is 8.00. The van der Waals surface area contributed by atoms with E-state index in [1.807, 2.05) is 0 Å². The normalized spacial score (nSPS) is 10.4. The second-order valence-electron chi connectivity index (χ2n) is 5.67. The van der Waals surface area contributed by atoms with Crippen molar-refractivity contribution in [3.05, 3.63) is 48.0 Å². The summed E-state index contributed by atoms with van der Waals surface area (Å²) in [4.78, 5) is 35.6. The number of nitrogens with zero attached hydrogens (tertiary/aromatic N) is 5. The lowest BCUT2D eigenvalue weighted by atomic mass is 10.2. The fraction of sp³-hybridized carbons (Fsp3) is 0.188. The molecule has 3 N–H and O–H groups in total. The predicted molar refractivity (Wildman–Crippen MR) is 102 cm³/mol. The summed E-state index contributed by atoms with van der Waals surface area (Å²) in [5.41, 5.74) is 5.64. The number of aromatic nitrogens is 5. The van der Waals surface area contributed by atoms with E-state index in [9.17, 15) is 14.4 Å². The van der Waals surface area contributed by atoms with Crippen molar-refractivity contribution in [2.45, 2.75) is 6.92 Å². The number of aryl methyl sites for hydroxylation is 1. The average molecular weight is 416 g/mol. The summed E-state index contributed by atoms with van der Waals surface area (Å²) in [6.07, 6.45) is 1.43. The van der Waals surface area contributed by atoms with E-state index in [4.69, 9.17) is 4.52 Å². The third kappa shape index (κ3) is 5.87. The van der Waals surface area contributed by atoms with Crippen LogP contribution in [0.4, 0.5) is 5.82 Å². The highest BCUT2D eigenvalue weighted by Gasteiger charge is 2.10. The van der Waals surface area contributed by atoms with E-state index in [1.165, 1.54) is 11.0 Å². The number of carbonyl (C=O) groups is 3. The van der Waals surface area contributed by atoms with Crippen LogP contribution in [-0.2, 0) is 9.59 Å². The van der Waals surface area contributed by atoms with Gasteiger partial charge in [-0.15, -0.1) is 16.9 Å². The maximum absolute atomic E-state index is 12.1. The summed E-state index contributed by atoms with van der Waals surface area (Å²) in [7, 11) is 0. The fourth-order valence-electron chi connectivity index (χ4n) is 2.12. The third-order valence-corrected chi connectivity index (χ3v) is 4.35. The molecule has 150 valence electrons. The molecule has 2 heterocycles. The van der Waals surface area contributed by atoms with E-state index in [-0.39, 0.29) is 17.4 Å². The number of hydrogen-bond acceptors (Lipinski definition) is 9. The van der Waals surface area contributed by atoms with Gasteiger partial charge in [0.05, 0.1) is 17.2 Å². The van der Waals surface area contributed by atoms with Gasteiger partial charge < -0.3 is 9.84 Å². The average Bonchev–Trinajstić information content (AvgIpc) is 3.38. The Hall–Kier alpha value is -3.74. The molecule has 0 radical (unpaired) electrons. The second-order valence-corrected chi connectivity index (χ2v) is 6.65. The number of rotatable bonds is 7. The molecule has 2 aromatic heterocycles. The lowest BCUT2D eigenvalue weighted by molar-refractivity contribution is -0.119. The van der Waals surface area contributed by atoms with Crippen LogP contribution in [0.2, 0.25) is 0 Å². The van der Waals surface area contributed by atoms with Crippen molar-refractivity contribution in [1.82, 2.24) is 36.2 Å². The number of hydrazine groups is 1. The zero-order valence-corrected chi connectivity index (χ0v) is 16.0. The van der Waals surface area contributed by atoms with Gasteiger partial charge in [-0.25, -0.2) is 4.68 Å². The van der Waals surface area contributed by atoms with Crippen molar-refractivity contribution >= 4 is 35.3 Å². The Labute approximate surface area is 168 Å². The molecule has 3 aromatic rings. The number of benzene rings is 1. The number of hydrogen-bond donors (Lipinski definition) is 3. The highest BCUT2D eigenvalue weighted by Crippen LogP contribution is 2.09. The molecular formula is C16H16N8O4S. The van der Waals surface area contributed by atoms with Crippen LogP contribution in [0.25, 0.3) is 5.69 Å². The van der Waals surface area contributed by atoms with Gasteiger partial charge in [0.1, 0.15) is 12.1 Å². The van der Waals surface area contributed by atoms with Gasteiger partial charge in [-0.1, -0.05) is 5.16 Å². The van der Waals surface area contributed by atoms with Crippen LogP contribution in [0, 0.1) is 6.92 Å². The Morgan fingerprint density at radius 3 is 2.52 bits per heavy atom. The van der Waals surface area contributed by atoms with Gasteiger partial charge in [-0.2, -0.15) is 0 Å². The number of tetrazole rings is 1. The SMILES string of the molecule is Cc1cc(NC(=O)CSCC(=O)NNC(=O)c2ccc(-n3cnnn3)cc2)no1. The fourth-order valence-corrected chi connectivity index (χ4v) is 2.74. The largest absolute Gasteiger partial charge is 0.360 e. The summed E-state index contributed by atoms with van der Waals surface area (Å²) >= 11 is 1.09. The zero-order valence-electron chi connectivity index (χ0n) is 15.2. The van der Waals surface area contributed by atoms with Crippen molar-refractivity contribution < 1.29 is 18.9 Å². The standard InChI is InChI=1S/C16H16N8O4S/c1-10-6-13(21-28-10)18-14(25)7-29-8-15(26)19-20-16(27)11-2-4-12(5-3-11)24-9-17-22-23-24/h2-6,9H,7-8H2,1H3,(H,19,26)(H,20,27)(H,18,21,25). The molecule has 3 rings (SSSR count). The summed E-state index contributed by atoms with van der Waals surface area (Å²) in [5.74, 6) is -0.313. The van der Waals surface area contributed by atoms with E-state index in [2.05, 4.69) is 36.9 Å². The maximum atomic E-state index is 12.1.